The van der Waals surface area contributed by atoms with Gasteiger partial charge >= 0.3 is 5.97 Å². The summed E-state index contributed by atoms with van der Waals surface area (Å²) in [6.07, 6.45) is 3.42. The molecule has 1 fully saturated rings. The van der Waals surface area contributed by atoms with E-state index in [1.54, 1.807) is 6.92 Å². The highest BCUT2D eigenvalue weighted by atomic mass is 16.5. The molecule has 1 aliphatic carbocycles. The molecule has 0 spiro atoms. The van der Waals surface area contributed by atoms with Crippen molar-refractivity contribution in [2.45, 2.75) is 19.8 Å². The summed E-state index contributed by atoms with van der Waals surface area (Å²) in [5, 5.41) is 8.81. The van der Waals surface area contributed by atoms with Crippen molar-refractivity contribution in [1.82, 2.24) is 0 Å². The molecule has 1 unspecified atom stereocenters. The first-order valence-electron chi connectivity index (χ1n) is 4.26. The second-order valence-electron chi connectivity index (χ2n) is 2.89. The summed E-state index contributed by atoms with van der Waals surface area (Å²) in [7, 11) is 0. The van der Waals surface area contributed by atoms with Crippen LogP contribution in [0.15, 0.2) is 11.6 Å². The number of aliphatic hydroxyl groups excluding tert-OH is 1. The predicted molar refractivity (Wildman–Crippen MR) is 44.5 cm³/mol. The van der Waals surface area contributed by atoms with E-state index in [4.69, 9.17) is 9.84 Å². The van der Waals surface area contributed by atoms with Crippen LogP contribution in [-0.2, 0) is 9.53 Å². The van der Waals surface area contributed by atoms with Crippen LogP contribution in [-0.4, -0.2) is 24.3 Å². The van der Waals surface area contributed by atoms with Crippen LogP contribution >= 0.6 is 0 Å². The highest BCUT2D eigenvalue weighted by molar-refractivity contribution is 5.83. The lowest BCUT2D eigenvalue weighted by Crippen LogP contribution is -2.20. The van der Waals surface area contributed by atoms with Gasteiger partial charge in [0.25, 0.3) is 0 Å². The number of carbonyl (C=O) groups is 1. The van der Waals surface area contributed by atoms with Gasteiger partial charge in [0.15, 0.2) is 0 Å². The summed E-state index contributed by atoms with van der Waals surface area (Å²) in [6, 6.07) is 0. The number of ether oxygens (including phenoxy) is 1. The van der Waals surface area contributed by atoms with Gasteiger partial charge in [-0.3, -0.25) is 0 Å². The number of esters is 1. The second-order valence-corrected chi connectivity index (χ2v) is 2.89. The van der Waals surface area contributed by atoms with Crippen molar-refractivity contribution in [3.63, 3.8) is 0 Å². The van der Waals surface area contributed by atoms with Crippen molar-refractivity contribution in [1.29, 1.82) is 0 Å². The maximum Gasteiger partial charge on any atom is 0.330 e. The smallest absolute Gasteiger partial charge is 0.330 e. The second kappa shape index (κ2) is 4.26. The first kappa shape index (κ1) is 9.26. The van der Waals surface area contributed by atoms with Crippen LogP contribution in [0.1, 0.15) is 19.8 Å². The molecular formula is C9H14O3. The average molecular weight is 170 g/mol. The molecule has 1 atom stereocenters. The fourth-order valence-corrected chi connectivity index (χ4v) is 1.25. The van der Waals surface area contributed by atoms with Crippen molar-refractivity contribution in [3.8, 4) is 0 Å². The molecule has 1 rings (SSSR count). The van der Waals surface area contributed by atoms with E-state index >= 15 is 0 Å². The molecule has 0 bridgehead atoms. The Labute approximate surface area is 72.0 Å². The van der Waals surface area contributed by atoms with Crippen LogP contribution < -0.4 is 0 Å². The Balaban J connectivity index is 2.40. The van der Waals surface area contributed by atoms with Crippen LogP contribution in [0.3, 0.4) is 0 Å². The summed E-state index contributed by atoms with van der Waals surface area (Å²) in [5.74, 6) is -0.0833. The Morgan fingerprint density at radius 3 is 3.00 bits per heavy atom. The third-order valence-corrected chi connectivity index (χ3v) is 2.12. The number of aliphatic hydroxyl groups is 1. The molecule has 0 aromatic heterocycles. The zero-order valence-electron chi connectivity index (χ0n) is 7.25. The molecule has 0 aromatic carbocycles. The van der Waals surface area contributed by atoms with Crippen LogP contribution in [0.4, 0.5) is 0 Å². The van der Waals surface area contributed by atoms with E-state index in [9.17, 15) is 4.79 Å². The fraction of sp³-hybridized carbons (Fsp3) is 0.667. The quantitative estimate of drug-likeness (QED) is 0.505. The number of hydrogen-bond acceptors (Lipinski definition) is 3. The molecule has 68 valence electrons. The van der Waals surface area contributed by atoms with E-state index in [-0.39, 0.29) is 18.5 Å². The largest absolute Gasteiger partial charge is 0.463 e. The van der Waals surface area contributed by atoms with Gasteiger partial charge in [0.1, 0.15) is 0 Å². The van der Waals surface area contributed by atoms with Crippen molar-refractivity contribution in [2.24, 2.45) is 5.92 Å². The van der Waals surface area contributed by atoms with Crippen molar-refractivity contribution >= 4 is 5.97 Å². The third kappa shape index (κ3) is 2.08. The summed E-state index contributed by atoms with van der Waals surface area (Å²) in [6.45, 7) is 2.33. The molecule has 0 aliphatic heterocycles. The van der Waals surface area contributed by atoms with Crippen LogP contribution in [0.5, 0.6) is 0 Å². The molecule has 1 saturated carbocycles. The molecule has 1 aliphatic rings. The molecule has 12 heavy (non-hydrogen) atoms. The molecule has 0 aromatic rings. The van der Waals surface area contributed by atoms with Gasteiger partial charge < -0.3 is 9.84 Å². The SMILES string of the molecule is CCOC(=O)/C=C1\CCC1CO. The first-order chi connectivity index (χ1) is 5.77. The Bertz CT molecular complexity index is 194. The minimum atomic E-state index is -0.286. The molecule has 3 nitrogen and oxygen atoms in total. The van der Waals surface area contributed by atoms with Gasteiger partial charge in [-0.2, -0.15) is 0 Å². The van der Waals surface area contributed by atoms with Crippen molar-refractivity contribution in [3.05, 3.63) is 11.6 Å². The fourth-order valence-electron chi connectivity index (χ4n) is 1.25. The van der Waals surface area contributed by atoms with E-state index in [0.29, 0.717) is 6.61 Å². The average Bonchev–Trinajstić information content (AvgIpc) is 2.00. The van der Waals surface area contributed by atoms with Crippen molar-refractivity contribution in [2.75, 3.05) is 13.2 Å². The molecule has 0 heterocycles. The van der Waals surface area contributed by atoms with Crippen molar-refractivity contribution < 1.29 is 14.6 Å². The van der Waals surface area contributed by atoms with Gasteiger partial charge in [0.2, 0.25) is 0 Å². The standard InChI is InChI=1S/C9H14O3/c1-2-12-9(11)5-7-3-4-8(7)6-10/h5,8,10H,2-4,6H2,1H3/b7-5+. The normalized spacial score (nSPS) is 25.2. The Hall–Kier alpha value is -0.830. The lowest BCUT2D eigenvalue weighted by molar-refractivity contribution is -0.137. The minimum Gasteiger partial charge on any atom is -0.463 e. The van der Waals surface area contributed by atoms with Gasteiger partial charge in [-0.15, -0.1) is 0 Å². The summed E-state index contributed by atoms with van der Waals surface area (Å²) in [5.41, 5.74) is 1.02. The van der Waals surface area contributed by atoms with Gasteiger partial charge in [-0.25, -0.2) is 4.79 Å². The number of carbonyl (C=O) groups excluding carboxylic acids is 1. The Kier molecular flexibility index (Phi) is 3.29. The van der Waals surface area contributed by atoms with Gasteiger partial charge in [-0.05, 0) is 19.8 Å². The zero-order valence-corrected chi connectivity index (χ0v) is 7.25. The van der Waals surface area contributed by atoms with Crippen LogP contribution in [0.25, 0.3) is 0 Å². The predicted octanol–water partition coefficient (Wildman–Crippen LogP) is 0.878. The van der Waals surface area contributed by atoms with Crippen LogP contribution in [0, 0.1) is 5.92 Å². The van der Waals surface area contributed by atoms with E-state index in [0.717, 1.165) is 18.4 Å². The monoisotopic (exact) mass is 170 g/mol. The van der Waals surface area contributed by atoms with E-state index in [1.807, 2.05) is 0 Å². The molecular weight excluding hydrogens is 156 g/mol. The highest BCUT2D eigenvalue weighted by Gasteiger charge is 2.23. The maximum atomic E-state index is 10.9. The summed E-state index contributed by atoms with van der Waals surface area (Å²) >= 11 is 0. The molecule has 0 saturated heterocycles. The van der Waals surface area contributed by atoms with E-state index in [1.165, 1.54) is 6.08 Å². The first-order valence-corrected chi connectivity index (χ1v) is 4.26. The molecule has 0 radical (unpaired) electrons. The highest BCUT2D eigenvalue weighted by Crippen LogP contribution is 2.32. The lowest BCUT2D eigenvalue weighted by atomic mass is 9.80. The molecule has 3 heteroatoms. The number of rotatable bonds is 3. The Morgan fingerprint density at radius 1 is 1.83 bits per heavy atom. The zero-order chi connectivity index (χ0) is 8.97. The van der Waals surface area contributed by atoms with E-state index < -0.39 is 0 Å². The summed E-state index contributed by atoms with van der Waals surface area (Å²) < 4.78 is 4.74. The van der Waals surface area contributed by atoms with Crippen LogP contribution in [0.2, 0.25) is 0 Å². The van der Waals surface area contributed by atoms with Gasteiger partial charge in [0.05, 0.1) is 6.61 Å². The minimum absolute atomic E-state index is 0.144. The number of hydrogen-bond donors (Lipinski definition) is 1. The van der Waals surface area contributed by atoms with E-state index in [2.05, 4.69) is 0 Å². The summed E-state index contributed by atoms with van der Waals surface area (Å²) in [4.78, 5) is 10.9. The lowest BCUT2D eigenvalue weighted by Gasteiger charge is -2.27. The van der Waals surface area contributed by atoms with Gasteiger partial charge in [0, 0.05) is 18.6 Å². The third-order valence-electron chi connectivity index (χ3n) is 2.12. The maximum absolute atomic E-state index is 10.9. The van der Waals surface area contributed by atoms with Gasteiger partial charge in [-0.1, -0.05) is 5.57 Å². The molecule has 1 N–H and O–H groups in total. The Morgan fingerprint density at radius 2 is 2.58 bits per heavy atom. The molecule has 0 amide bonds. The topological polar surface area (TPSA) is 46.5 Å².